The lowest BCUT2D eigenvalue weighted by Crippen LogP contribution is -2.46. The van der Waals surface area contributed by atoms with E-state index in [0.29, 0.717) is 42.7 Å². The maximum Gasteiger partial charge on any atom is 0.253 e. The second kappa shape index (κ2) is 8.65. The molecule has 146 valence electrons. The summed E-state index contributed by atoms with van der Waals surface area (Å²) in [5, 5.41) is 5.63. The van der Waals surface area contributed by atoms with Gasteiger partial charge < -0.3 is 15.5 Å². The van der Waals surface area contributed by atoms with Crippen LogP contribution >= 0.6 is 0 Å². The predicted octanol–water partition coefficient (Wildman–Crippen LogP) is 2.82. The summed E-state index contributed by atoms with van der Waals surface area (Å²) in [5.74, 6) is -1.06. The Bertz CT molecular complexity index is 892. The van der Waals surface area contributed by atoms with Crippen molar-refractivity contribution >= 4 is 23.4 Å². The summed E-state index contributed by atoms with van der Waals surface area (Å²) < 4.78 is 13.3. The van der Waals surface area contributed by atoms with Gasteiger partial charge in [-0.15, -0.1) is 0 Å². The molecule has 0 spiro atoms. The average Bonchev–Trinajstić information content (AvgIpc) is 2.68. The maximum atomic E-state index is 13.3. The molecule has 1 aliphatic heterocycles. The normalized spacial score (nSPS) is 14.4. The highest BCUT2D eigenvalue weighted by Gasteiger charge is 2.25. The average molecular weight is 383 g/mol. The van der Waals surface area contributed by atoms with Gasteiger partial charge in [-0.2, -0.15) is 0 Å². The van der Waals surface area contributed by atoms with Crippen molar-refractivity contribution in [2.24, 2.45) is 0 Å². The zero-order chi connectivity index (χ0) is 20.1. The van der Waals surface area contributed by atoms with Gasteiger partial charge >= 0.3 is 0 Å². The second-order valence-electron chi connectivity index (χ2n) is 6.81. The van der Waals surface area contributed by atoms with E-state index in [2.05, 4.69) is 10.6 Å². The first-order valence-corrected chi connectivity index (χ1v) is 9.16. The molecule has 2 N–H and O–H groups in total. The van der Waals surface area contributed by atoms with Crippen LogP contribution in [0.2, 0.25) is 0 Å². The van der Waals surface area contributed by atoms with Crippen molar-refractivity contribution in [1.29, 1.82) is 0 Å². The van der Waals surface area contributed by atoms with E-state index in [-0.39, 0.29) is 23.8 Å². The van der Waals surface area contributed by atoms with Crippen LogP contribution in [0.4, 0.5) is 10.1 Å². The van der Waals surface area contributed by atoms with Crippen LogP contribution in [0.15, 0.2) is 48.5 Å². The number of anilines is 1. The highest BCUT2D eigenvalue weighted by Crippen LogP contribution is 2.16. The molecule has 1 saturated heterocycles. The summed E-state index contributed by atoms with van der Waals surface area (Å²) in [5.41, 5.74) is 1.36. The quantitative estimate of drug-likeness (QED) is 0.852. The van der Waals surface area contributed by atoms with Crippen molar-refractivity contribution in [2.75, 3.05) is 18.4 Å². The lowest BCUT2D eigenvalue weighted by atomic mass is 10.0. The van der Waals surface area contributed by atoms with Crippen LogP contribution in [0.5, 0.6) is 0 Å². The molecule has 6 nitrogen and oxygen atoms in total. The third kappa shape index (κ3) is 4.94. The molecule has 1 heterocycles. The van der Waals surface area contributed by atoms with Crippen molar-refractivity contribution in [3.63, 3.8) is 0 Å². The second-order valence-corrected chi connectivity index (χ2v) is 6.81. The largest absolute Gasteiger partial charge is 0.349 e. The van der Waals surface area contributed by atoms with Gasteiger partial charge in [0.1, 0.15) is 5.82 Å². The van der Waals surface area contributed by atoms with E-state index < -0.39 is 5.82 Å². The summed E-state index contributed by atoms with van der Waals surface area (Å²) in [4.78, 5) is 37.8. The van der Waals surface area contributed by atoms with Crippen LogP contribution in [0.3, 0.4) is 0 Å². The number of amides is 3. The van der Waals surface area contributed by atoms with Gasteiger partial charge in [-0.1, -0.05) is 12.1 Å². The molecule has 1 fully saturated rings. The summed E-state index contributed by atoms with van der Waals surface area (Å²) in [6.07, 6.45) is 1.25. The van der Waals surface area contributed by atoms with Gasteiger partial charge in [0.05, 0.1) is 0 Å². The summed E-state index contributed by atoms with van der Waals surface area (Å²) >= 11 is 0. The number of nitrogens with one attached hydrogen (secondary N) is 2. The maximum absolute atomic E-state index is 13.3. The van der Waals surface area contributed by atoms with Crippen LogP contribution in [0.25, 0.3) is 0 Å². The Kier molecular flexibility index (Phi) is 6.03. The van der Waals surface area contributed by atoms with Crippen molar-refractivity contribution in [1.82, 2.24) is 10.2 Å². The summed E-state index contributed by atoms with van der Waals surface area (Å²) in [6.45, 7) is 2.39. The molecule has 0 bridgehead atoms. The molecular formula is C21H22FN3O3. The van der Waals surface area contributed by atoms with Gasteiger partial charge in [0, 0.05) is 42.9 Å². The van der Waals surface area contributed by atoms with Gasteiger partial charge in [0.15, 0.2) is 0 Å². The standard InChI is InChI=1S/C21H22FN3O3/c1-14(26)23-19-7-3-4-15(13-19)20(27)24-18-8-10-25(11-9-18)21(28)16-5-2-6-17(22)12-16/h2-7,12-13,18H,8-11H2,1H3,(H,23,26)(H,24,27). The van der Waals surface area contributed by atoms with Gasteiger partial charge in [-0.05, 0) is 49.2 Å². The lowest BCUT2D eigenvalue weighted by Gasteiger charge is -2.32. The van der Waals surface area contributed by atoms with Crippen molar-refractivity contribution in [2.45, 2.75) is 25.8 Å². The Labute approximate surface area is 162 Å². The molecule has 0 saturated carbocycles. The molecule has 0 aromatic heterocycles. The number of likely N-dealkylation sites (tertiary alicyclic amines) is 1. The zero-order valence-corrected chi connectivity index (χ0v) is 15.6. The number of benzene rings is 2. The molecule has 0 radical (unpaired) electrons. The number of rotatable bonds is 4. The van der Waals surface area contributed by atoms with E-state index in [9.17, 15) is 18.8 Å². The molecule has 0 unspecified atom stereocenters. The molecule has 2 aromatic carbocycles. The van der Waals surface area contributed by atoms with Gasteiger partial charge in [-0.25, -0.2) is 4.39 Å². The third-order valence-electron chi connectivity index (χ3n) is 4.63. The molecule has 7 heteroatoms. The lowest BCUT2D eigenvalue weighted by molar-refractivity contribution is -0.114. The van der Waals surface area contributed by atoms with Crippen molar-refractivity contribution in [3.05, 3.63) is 65.5 Å². The van der Waals surface area contributed by atoms with Crippen LogP contribution in [-0.2, 0) is 4.79 Å². The first-order valence-electron chi connectivity index (χ1n) is 9.16. The molecule has 0 atom stereocenters. The Morgan fingerprint density at radius 3 is 2.36 bits per heavy atom. The number of hydrogen-bond acceptors (Lipinski definition) is 3. The minimum atomic E-state index is -0.436. The highest BCUT2D eigenvalue weighted by molar-refractivity contribution is 5.97. The molecule has 2 aromatic rings. The Hall–Kier alpha value is -3.22. The van der Waals surface area contributed by atoms with Crippen molar-refractivity contribution < 1.29 is 18.8 Å². The first kappa shape index (κ1) is 19.5. The molecule has 28 heavy (non-hydrogen) atoms. The van der Waals surface area contributed by atoms with E-state index in [1.807, 2.05) is 0 Å². The number of halogens is 1. The molecular weight excluding hydrogens is 361 g/mol. The van der Waals surface area contributed by atoms with Crippen molar-refractivity contribution in [3.8, 4) is 0 Å². The fraction of sp³-hybridized carbons (Fsp3) is 0.286. The SMILES string of the molecule is CC(=O)Nc1cccc(C(=O)NC2CCN(C(=O)c3cccc(F)c3)CC2)c1. The minimum Gasteiger partial charge on any atom is -0.349 e. The smallest absolute Gasteiger partial charge is 0.253 e. The highest BCUT2D eigenvalue weighted by atomic mass is 19.1. The number of hydrogen-bond donors (Lipinski definition) is 2. The topological polar surface area (TPSA) is 78.5 Å². The van der Waals surface area contributed by atoms with E-state index in [0.717, 1.165) is 0 Å². The monoisotopic (exact) mass is 383 g/mol. The van der Waals surface area contributed by atoms with Crippen LogP contribution in [0, 0.1) is 5.82 Å². The first-order chi connectivity index (χ1) is 13.4. The van der Waals surface area contributed by atoms with Crippen LogP contribution in [0.1, 0.15) is 40.5 Å². The third-order valence-corrected chi connectivity index (χ3v) is 4.63. The Morgan fingerprint density at radius 1 is 1.00 bits per heavy atom. The van der Waals surface area contributed by atoms with E-state index in [1.54, 1.807) is 35.2 Å². The molecule has 3 rings (SSSR count). The predicted molar refractivity (Wildman–Crippen MR) is 104 cm³/mol. The fourth-order valence-corrected chi connectivity index (χ4v) is 3.24. The molecule has 3 amide bonds. The summed E-state index contributed by atoms with van der Waals surface area (Å²) in [7, 11) is 0. The summed E-state index contributed by atoms with van der Waals surface area (Å²) in [6, 6.07) is 12.3. The number of nitrogens with zero attached hydrogens (tertiary/aromatic N) is 1. The number of piperidine rings is 1. The number of carbonyl (C=O) groups excluding carboxylic acids is 3. The Balaban J connectivity index is 1.55. The van der Waals surface area contributed by atoms with E-state index >= 15 is 0 Å². The van der Waals surface area contributed by atoms with Gasteiger partial charge in [0.2, 0.25) is 5.91 Å². The van der Waals surface area contributed by atoms with Crippen LogP contribution in [-0.4, -0.2) is 41.8 Å². The number of carbonyl (C=O) groups is 3. The zero-order valence-electron chi connectivity index (χ0n) is 15.6. The minimum absolute atomic E-state index is 0.0477. The molecule has 0 aliphatic carbocycles. The van der Waals surface area contributed by atoms with Gasteiger partial charge in [0.25, 0.3) is 11.8 Å². The van der Waals surface area contributed by atoms with E-state index in [4.69, 9.17) is 0 Å². The van der Waals surface area contributed by atoms with Crippen LogP contribution < -0.4 is 10.6 Å². The van der Waals surface area contributed by atoms with Gasteiger partial charge in [-0.3, -0.25) is 14.4 Å². The Morgan fingerprint density at radius 2 is 1.68 bits per heavy atom. The molecule has 1 aliphatic rings. The fourth-order valence-electron chi connectivity index (χ4n) is 3.24. The van der Waals surface area contributed by atoms with E-state index in [1.165, 1.54) is 25.1 Å².